The van der Waals surface area contributed by atoms with Crippen LogP contribution in [0.25, 0.3) is 17.2 Å². The van der Waals surface area contributed by atoms with Crippen LogP contribution in [-0.2, 0) is 4.74 Å². The van der Waals surface area contributed by atoms with Crippen LogP contribution in [0.5, 0.6) is 0 Å². The minimum absolute atomic E-state index is 0.283. The van der Waals surface area contributed by atoms with Gasteiger partial charge in [-0.3, -0.25) is 0 Å². The number of nitrogens with zero attached hydrogens (tertiary/aromatic N) is 4. The van der Waals surface area contributed by atoms with Crippen molar-refractivity contribution in [3.8, 4) is 17.2 Å². The molecule has 0 radical (unpaired) electrons. The maximum absolute atomic E-state index is 11.6. The van der Waals surface area contributed by atoms with Gasteiger partial charge in [0.15, 0.2) is 5.82 Å². The van der Waals surface area contributed by atoms with Gasteiger partial charge in [0.25, 0.3) is 0 Å². The smallest absolute Gasteiger partial charge is 0.341 e. The van der Waals surface area contributed by atoms with Gasteiger partial charge >= 0.3 is 5.97 Å². The number of ether oxygens (including phenoxy) is 1. The van der Waals surface area contributed by atoms with Crippen LogP contribution in [0.15, 0.2) is 83.0 Å². The summed E-state index contributed by atoms with van der Waals surface area (Å²) in [6.07, 6.45) is 4.81. The van der Waals surface area contributed by atoms with E-state index in [4.69, 9.17) is 16.3 Å². The molecule has 0 spiro atoms. The summed E-state index contributed by atoms with van der Waals surface area (Å²) in [5, 5.41) is 5.36. The molecule has 0 saturated heterocycles. The zero-order valence-electron chi connectivity index (χ0n) is 15.3. The van der Waals surface area contributed by atoms with Crippen LogP contribution in [0.4, 0.5) is 0 Å². The van der Waals surface area contributed by atoms with E-state index in [2.05, 4.69) is 15.1 Å². The molecule has 2 aromatic heterocycles. The molecule has 0 unspecified atom stereocenters. The van der Waals surface area contributed by atoms with E-state index in [9.17, 15) is 4.79 Å². The quantitative estimate of drug-likeness (QED) is 0.425. The zero-order chi connectivity index (χ0) is 20.2. The molecule has 0 aliphatic heterocycles. The third-order valence-corrected chi connectivity index (χ3v) is 5.31. The van der Waals surface area contributed by atoms with Crippen molar-refractivity contribution in [2.75, 3.05) is 7.11 Å². The maximum atomic E-state index is 11.6. The molecule has 0 fully saturated rings. The molecule has 0 amide bonds. The SMILES string of the molecule is COC(=O)c1cnc(-c2nn(-c3ccccc3)cc2Sc2ccc(Cl)cc2)nc1. The lowest BCUT2D eigenvalue weighted by Crippen LogP contribution is -2.03. The fourth-order valence-electron chi connectivity index (χ4n) is 2.60. The molecule has 0 saturated carbocycles. The van der Waals surface area contributed by atoms with Crippen molar-refractivity contribution in [1.29, 1.82) is 0 Å². The first-order valence-corrected chi connectivity index (χ1v) is 9.83. The van der Waals surface area contributed by atoms with E-state index in [-0.39, 0.29) is 5.56 Å². The molecule has 0 atom stereocenters. The van der Waals surface area contributed by atoms with Gasteiger partial charge in [0.2, 0.25) is 0 Å². The Hall–Kier alpha value is -3.16. The Morgan fingerprint density at radius 1 is 1.03 bits per heavy atom. The Kier molecular flexibility index (Phi) is 5.59. The van der Waals surface area contributed by atoms with Gasteiger partial charge in [0.1, 0.15) is 5.69 Å². The Balaban J connectivity index is 1.75. The highest BCUT2D eigenvalue weighted by molar-refractivity contribution is 7.99. The largest absolute Gasteiger partial charge is 0.465 e. The second kappa shape index (κ2) is 8.46. The van der Waals surface area contributed by atoms with E-state index < -0.39 is 5.97 Å². The van der Waals surface area contributed by atoms with Gasteiger partial charge in [-0.2, -0.15) is 5.10 Å². The summed E-state index contributed by atoms with van der Waals surface area (Å²) in [5.41, 5.74) is 1.82. The minimum Gasteiger partial charge on any atom is -0.465 e. The van der Waals surface area contributed by atoms with Crippen molar-refractivity contribution in [3.05, 3.63) is 83.8 Å². The van der Waals surface area contributed by atoms with Gasteiger partial charge in [0, 0.05) is 28.5 Å². The number of aromatic nitrogens is 4. The number of hydrogen-bond donors (Lipinski definition) is 0. The predicted octanol–water partition coefficient (Wildman–Crippen LogP) is 4.92. The number of halogens is 1. The molecule has 144 valence electrons. The summed E-state index contributed by atoms with van der Waals surface area (Å²) in [5.74, 6) is -0.0640. The highest BCUT2D eigenvalue weighted by Crippen LogP contribution is 2.35. The lowest BCUT2D eigenvalue weighted by Gasteiger charge is -2.03. The average Bonchev–Trinajstić information content (AvgIpc) is 3.19. The third-order valence-electron chi connectivity index (χ3n) is 4.03. The van der Waals surface area contributed by atoms with Crippen LogP contribution < -0.4 is 0 Å². The van der Waals surface area contributed by atoms with Gasteiger partial charge in [-0.1, -0.05) is 41.6 Å². The van der Waals surface area contributed by atoms with Gasteiger partial charge in [-0.05, 0) is 36.4 Å². The van der Waals surface area contributed by atoms with Crippen molar-refractivity contribution < 1.29 is 9.53 Å². The summed E-state index contributed by atoms with van der Waals surface area (Å²) in [6.45, 7) is 0. The molecule has 8 heteroatoms. The third kappa shape index (κ3) is 4.31. The molecular weight excluding hydrogens is 408 g/mol. The Morgan fingerprint density at radius 2 is 1.72 bits per heavy atom. The number of carbonyl (C=O) groups excluding carboxylic acids is 1. The first-order valence-electron chi connectivity index (χ1n) is 8.63. The number of methoxy groups -OCH3 is 1. The molecular formula is C21H15ClN4O2S. The number of benzene rings is 2. The Bertz CT molecular complexity index is 1130. The fraction of sp³-hybridized carbons (Fsp3) is 0.0476. The lowest BCUT2D eigenvalue weighted by molar-refractivity contribution is 0.0600. The summed E-state index contributed by atoms with van der Waals surface area (Å²) in [6, 6.07) is 17.3. The number of rotatable bonds is 5. The Labute approximate surface area is 176 Å². The van der Waals surface area contributed by atoms with E-state index in [1.54, 1.807) is 4.68 Å². The van der Waals surface area contributed by atoms with Crippen molar-refractivity contribution >= 4 is 29.3 Å². The zero-order valence-corrected chi connectivity index (χ0v) is 16.9. The number of para-hydroxylation sites is 1. The van der Waals surface area contributed by atoms with E-state index in [1.807, 2.05) is 60.8 Å². The van der Waals surface area contributed by atoms with Crippen molar-refractivity contribution in [3.63, 3.8) is 0 Å². The van der Waals surface area contributed by atoms with Gasteiger partial charge in [-0.25, -0.2) is 19.4 Å². The first-order chi connectivity index (χ1) is 14.1. The van der Waals surface area contributed by atoms with Crippen LogP contribution >= 0.6 is 23.4 Å². The second-order valence-electron chi connectivity index (χ2n) is 5.96. The summed E-state index contributed by atoms with van der Waals surface area (Å²) >= 11 is 7.53. The number of carbonyl (C=O) groups is 1. The van der Waals surface area contributed by atoms with Gasteiger partial charge in [-0.15, -0.1) is 0 Å². The normalized spacial score (nSPS) is 10.7. The average molecular weight is 423 g/mol. The van der Waals surface area contributed by atoms with Crippen LogP contribution in [0.2, 0.25) is 5.02 Å². The molecule has 4 aromatic rings. The minimum atomic E-state index is -0.484. The molecule has 0 aliphatic rings. The molecule has 0 aliphatic carbocycles. The Morgan fingerprint density at radius 3 is 2.38 bits per heavy atom. The maximum Gasteiger partial charge on any atom is 0.341 e. The molecule has 4 rings (SSSR count). The van der Waals surface area contributed by atoms with E-state index >= 15 is 0 Å². The monoisotopic (exact) mass is 422 g/mol. The molecule has 2 heterocycles. The lowest BCUT2D eigenvalue weighted by atomic mass is 10.3. The first kappa shape index (κ1) is 19.2. The molecule has 0 bridgehead atoms. The predicted molar refractivity (Wildman–Crippen MR) is 112 cm³/mol. The number of hydrogen-bond acceptors (Lipinski definition) is 6. The van der Waals surface area contributed by atoms with Gasteiger partial charge < -0.3 is 4.74 Å². The highest BCUT2D eigenvalue weighted by Gasteiger charge is 2.17. The van der Waals surface area contributed by atoms with Crippen LogP contribution in [0, 0.1) is 0 Å². The standard InChI is InChI=1S/C21H15ClN4O2S/c1-28-21(27)14-11-23-20(24-12-14)19-18(29-17-9-7-15(22)8-10-17)13-26(25-19)16-5-3-2-4-6-16/h2-13H,1H3. The molecule has 2 aromatic carbocycles. The molecule has 29 heavy (non-hydrogen) atoms. The summed E-state index contributed by atoms with van der Waals surface area (Å²) in [4.78, 5) is 22.2. The van der Waals surface area contributed by atoms with Crippen molar-refractivity contribution in [2.24, 2.45) is 0 Å². The van der Waals surface area contributed by atoms with Crippen LogP contribution in [-0.4, -0.2) is 32.8 Å². The fourth-order valence-corrected chi connectivity index (χ4v) is 3.64. The summed E-state index contributed by atoms with van der Waals surface area (Å²) in [7, 11) is 1.32. The van der Waals surface area contributed by atoms with Crippen LogP contribution in [0.3, 0.4) is 0 Å². The molecule has 6 nitrogen and oxygen atoms in total. The van der Waals surface area contributed by atoms with E-state index in [0.29, 0.717) is 16.5 Å². The van der Waals surface area contributed by atoms with E-state index in [0.717, 1.165) is 15.5 Å². The molecule has 0 N–H and O–H groups in total. The second-order valence-corrected chi connectivity index (χ2v) is 7.52. The van der Waals surface area contributed by atoms with Gasteiger partial charge in [0.05, 0.1) is 23.3 Å². The topological polar surface area (TPSA) is 69.9 Å². The number of esters is 1. The summed E-state index contributed by atoms with van der Waals surface area (Å²) < 4.78 is 6.49. The van der Waals surface area contributed by atoms with Crippen LogP contribution in [0.1, 0.15) is 10.4 Å². The van der Waals surface area contributed by atoms with Crippen molar-refractivity contribution in [2.45, 2.75) is 9.79 Å². The van der Waals surface area contributed by atoms with E-state index in [1.165, 1.54) is 31.3 Å². The highest BCUT2D eigenvalue weighted by atomic mass is 35.5. The van der Waals surface area contributed by atoms with Crippen molar-refractivity contribution in [1.82, 2.24) is 19.7 Å².